The Labute approximate surface area is 341 Å². The standard InChI is InChI=1S/C45H49F3N6O5/c1-44(2,58)33-25-35-31(23-36(33)50-42(56)34-14-10-17-39(49-34)45(46,47)48)27-54(52-35)32-20-18-28(19-21-32)26-53(3)22-8-4-5-11-29-12-6-7-15-37(29)59-38-16-9-13-30-24-40(55)51-43(57)41(30)38/h6-7,9-10,12-17,23,25,27-28,32,58H,4-5,8,11,18-22,24,26H2,1-3H3,(H,50,56)(H,51,55,57). The fraction of sp³-hybridized carbons (Fsp3) is 0.400. The molecule has 0 saturated heterocycles. The van der Waals surface area contributed by atoms with Gasteiger partial charge in [0.1, 0.15) is 22.9 Å². The fourth-order valence-corrected chi connectivity index (χ4v) is 8.19. The zero-order valence-corrected chi connectivity index (χ0v) is 33.4. The highest BCUT2D eigenvalue weighted by Crippen LogP contribution is 2.37. The number of hydrogen-bond acceptors (Lipinski definition) is 8. The largest absolute Gasteiger partial charge is 0.456 e. The minimum Gasteiger partial charge on any atom is -0.456 e. The van der Waals surface area contributed by atoms with Crippen molar-refractivity contribution in [3.8, 4) is 11.5 Å². The maximum Gasteiger partial charge on any atom is 0.433 e. The van der Waals surface area contributed by atoms with E-state index in [0.29, 0.717) is 39.6 Å². The molecule has 0 unspecified atom stereocenters. The maximum atomic E-state index is 13.2. The van der Waals surface area contributed by atoms with Crippen molar-refractivity contribution in [3.05, 3.63) is 113 Å². The predicted molar refractivity (Wildman–Crippen MR) is 217 cm³/mol. The third-order valence-corrected chi connectivity index (χ3v) is 11.2. The number of alkyl halides is 3. The van der Waals surface area contributed by atoms with Crippen LogP contribution in [0.3, 0.4) is 0 Å². The number of unbranched alkanes of at least 4 members (excludes halogenated alkanes) is 2. The molecule has 7 rings (SSSR count). The number of rotatable bonds is 14. The highest BCUT2D eigenvalue weighted by molar-refractivity contribution is 6.11. The minimum absolute atomic E-state index is 0.150. The van der Waals surface area contributed by atoms with Gasteiger partial charge in [-0.05, 0) is 126 Å². The van der Waals surface area contributed by atoms with Gasteiger partial charge in [0.25, 0.3) is 11.8 Å². The van der Waals surface area contributed by atoms with Gasteiger partial charge in [-0.3, -0.25) is 24.4 Å². The molecule has 5 aromatic rings. The van der Waals surface area contributed by atoms with Crippen molar-refractivity contribution >= 4 is 34.3 Å². The molecule has 3 aromatic carbocycles. The first kappa shape index (κ1) is 41.6. The Bertz CT molecular complexity index is 2340. The topological polar surface area (TPSA) is 139 Å². The molecule has 1 aliphatic heterocycles. The molecule has 3 N–H and O–H groups in total. The number of nitrogens with one attached hydrogen (secondary N) is 2. The molecule has 1 fully saturated rings. The van der Waals surface area contributed by atoms with E-state index in [1.807, 2.05) is 29.1 Å². The lowest BCUT2D eigenvalue weighted by Gasteiger charge is -2.31. The van der Waals surface area contributed by atoms with E-state index in [9.17, 15) is 32.7 Å². The van der Waals surface area contributed by atoms with Crippen LogP contribution in [0.15, 0.2) is 79.0 Å². The molecule has 3 heterocycles. The second-order valence-corrected chi connectivity index (χ2v) is 16.3. The van der Waals surface area contributed by atoms with Gasteiger partial charge < -0.3 is 20.1 Å². The molecular formula is C45H49F3N6O5. The van der Waals surface area contributed by atoms with Crippen LogP contribution in [-0.2, 0) is 29.4 Å². The monoisotopic (exact) mass is 810 g/mol. The van der Waals surface area contributed by atoms with Crippen LogP contribution in [0.4, 0.5) is 18.9 Å². The average molecular weight is 811 g/mol. The van der Waals surface area contributed by atoms with E-state index in [4.69, 9.17) is 9.84 Å². The van der Waals surface area contributed by atoms with Gasteiger partial charge in [-0.25, -0.2) is 4.98 Å². The molecule has 0 bridgehead atoms. The van der Waals surface area contributed by atoms with Gasteiger partial charge >= 0.3 is 6.18 Å². The molecule has 310 valence electrons. The number of carbonyl (C=O) groups excluding carboxylic acids is 3. The van der Waals surface area contributed by atoms with Crippen molar-refractivity contribution in [3.63, 3.8) is 0 Å². The number of para-hydroxylation sites is 1. The van der Waals surface area contributed by atoms with Crippen LogP contribution in [-0.4, -0.2) is 62.6 Å². The van der Waals surface area contributed by atoms with E-state index in [0.717, 1.165) is 87.5 Å². The van der Waals surface area contributed by atoms with E-state index in [1.54, 1.807) is 44.2 Å². The SMILES string of the molecule is CN(CCCCCc1ccccc1Oc1cccc2c1C(=O)NC(=O)C2)CC1CCC(n2cc3cc(NC(=O)c4cccc(C(F)(F)F)n4)c(C(C)(C)O)cc3n2)CC1. The van der Waals surface area contributed by atoms with Gasteiger partial charge in [0.15, 0.2) is 0 Å². The number of aliphatic hydroxyl groups is 1. The van der Waals surface area contributed by atoms with Crippen LogP contribution in [0, 0.1) is 5.92 Å². The summed E-state index contributed by atoms with van der Waals surface area (Å²) in [6, 6.07) is 20.0. The number of amides is 3. The number of nitrogens with zero attached hydrogens (tertiary/aromatic N) is 4. The summed E-state index contributed by atoms with van der Waals surface area (Å²) in [6.07, 6.45) is 5.41. The van der Waals surface area contributed by atoms with Crippen molar-refractivity contribution in [1.29, 1.82) is 0 Å². The van der Waals surface area contributed by atoms with E-state index in [2.05, 4.69) is 33.6 Å². The predicted octanol–water partition coefficient (Wildman–Crippen LogP) is 8.61. The van der Waals surface area contributed by atoms with Crippen molar-refractivity contribution in [2.45, 2.75) is 89.5 Å². The minimum atomic E-state index is -4.69. The summed E-state index contributed by atoms with van der Waals surface area (Å²) in [6.45, 7) is 5.17. The average Bonchev–Trinajstić information content (AvgIpc) is 3.61. The van der Waals surface area contributed by atoms with E-state index in [-0.39, 0.29) is 29.8 Å². The molecular weight excluding hydrogens is 762 g/mol. The number of aryl methyl sites for hydroxylation is 1. The quantitative estimate of drug-likeness (QED) is 0.0749. The van der Waals surface area contributed by atoms with Crippen LogP contribution in [0.1, 0.15) is 108 Å². The van der Waals surface area contributed by atoms with E-state index in [1.165, 1.54) is 6.07 Å². The van der Waals surface area contributed by atoms with E-state index < -0.39 is 29.3 Å². The van der Waals surface area contributed by atoms with Crippen LogP contribution < -0.4 is 15.4 Å². The molecule has 2 aromatic heterocycles. The molecule has 14 heteroatoms. The Hall–Kier alpha value is -5.60. The van der Waals surface area contributed by atoms with Gasteiger partial charge in [-0.2, -0.15) is 18.3 Å². The van der Waals surface area contributed by atoms with Crippen molar-refractivity contribution < 1.29 is 37.4 Å². The first-order chi connectivity index (χ1) is 28.1. The maximum absolute atomic E-state index is 13.2. The second kappa shape index (κ2) is 17.3. The Morgan fingerprint density at radius 2 is 1.71 bits per heavy atom. The summed E-state index contributed by atoms with van der Waals surface area (Å²) in [7, 11) is 2.18. The number of imide groups is 1. The first-order valence-corrected chi connectivity index (χ1v) is 20.1. The van der Waals surface area contributed by atoms with Crippen molar-refractivity contribution in [2.75, 3.05) is 25.5 Å². The zero-order valence-electron chi connectivity index (χ0n) is 33.4. The summed E-state index contributed by atoms with van der Waals surface area (Å²) in [5.74, 6) is 0.174. The summed E-state index contributed by atoms with van der Waals surface area (Å²) >= 11 is 0. The van der Waals surface area contributed by atoms with E-state index >= 15 is 0 Å². The molecule has 0 radical (unpaired) electrons. The molecule has 59 heavy (non-hydrogen) atoms. The number of ether oxygens (including phenoxy) is 1. The molecule has 3 amide bonds. The number of carbonyl (C=O) groups is 3. The number of benzene rings is 3. The normalized spacial score (nSPS) is 17.2. The number of pyridine rings is 1. The fourth-order valence-electron chi connectivity index (χ4n) is 8.19. The molecule has 0 atom stereocenters. The Morgan fingerprint density at radius 3 is 2.47 bits per heavy atom. The van der Waals surface area contributed by atoms with Gasteiger partial charge in [0.05, 0.1) is 29.1 Å². The smallest absolute Gasteiger partial charge is 0.433 e. The lowest BCUT2D eigenvalue weighted by atomic mass is 9.86. The highest BCUT2D eigenvalue weighted by Gasteiger charge is 2.33. The molecule has 1 aliphatic carbocycles. The van der Waals surface area contributed by atoms with Crippen molar-refractivity contribution in [1.82, 2.24) is 25.0 Å². The van der Waals surface area contributed by atoms with Gasteiger partial charge in [-0.1, -0.05) is 42.8 Å². The molecule has 1 saturated carbocycles. The molecule has 2 aliphatic rings. The molecule has 0 spiro atoms. The summed E-state index contributed by atoms with van der Waals surface area (Å²) in [5, 5.41) is 21.6. The lowest BCUT2D eigenvalue weighted by Crippen LogP contribution is -2.37. The zero-order chi connectivity index (χ0) is 41.9. The second-order valence-electron chi connectivity index (χ2n) is 16.3. The van der Waals surface area contributed by atoms with Gasteiger partial charge in [0, 0.05) is 29.4 Å². The highest BCUT2D eigenvalue weighted by atomic mass is 19.4. The van der Waals surface area contributed by atoms with Gasteiger partial charge in [-0.15, -0.1) is 0 Å². The first-order valence-electron chi connectivity index (χ1n) is 20.1. The van der Waals surface area contributed by atoms with Gasteiger partial charge in [0.2, 0.25) is 5.91 Å². The third-order valence-electron chi connectivity index (χ3n) is 11.2. The van der Waals surface area contributed by atoms with Crippen LogP contribution in [0.25, 0.3) is 10.9 Å². The Kier molecular flexibility index (Phi) is 12.2. The third kappa shape index (κ3) is 9.99. The lowest BCUT2D eigenvalue weighted by molar-refractivity contribution is -0.141. The number of halogens is 3. The molecule has 11 nitrogen and oxygen atoms in total. The van der Waals surface area contributed by atoms with Crippen LogP contribution >= 0.6 is 0 Å². The van der Waals surface area contributed by atoms with Crippen molar-refractivity contribution in [2.24, 2.45) is 5.92 Å². The van der Waals surface area contributed by atoms with Crippen LogP contribution in [0.5, 0.6) is 11.5 Å². The number of aromatic nitrogens is 3. The number of fused-ring (bicyclic) bond motifs is 2. The number of anilines is 1. The summed E-state index contributed by atoms with van der Waals surface area (Å²) < 4.78 is 48.0. The summed E-state index contributed by atoms with van der Waals surface area (Å²) in [5.41, 5.74) is 0.550. The Morgan fingerprint density at radius 1 is 0.966 bits per heavy atom. The number of hydrogen-bond donors (Lipinski definition) is 3. The van der Waals surface area contributed by atoms with Crippen LogP contribution in [0.2, 0.25) is 0 Å². The Balaban J connectivity index is 0.885. The summed E-state index contributed by atoms with van der Waals surface area (Å²) in [4.78, 5) is 43.4.